The van der Waals surface area contributed by atoms with Crippen molar-refractivity contribution in [3.8, 4) is 6.07 Å². The zero-order valence-electron chi connectivity index (χ0n) is 9.49. The van der Waals surface area contributed by atoms with Crippen LogP contribution >= 0.6 is 0 Å². The van der Waals surface area contributed by atoms with E-state index < -0.39 is 0 Å². The zero-order chi connectivity index (χ0) is 12.2. The number of anilines is 2. The summed E-state index contributed by atoms with van der Waals surface area (Å²) in [6, 6.07) is 5.29. The average Bonchev–Trinajstić information content (AvgIpc) is 2.20. The first-order chi connectivity index (χ1) is 7.48. The first kappa shape index (κ1) is 12.3. The summed E-state index contributed by atoms with van der Waals surface area (Å²) in [6.45, 7) is 4.00. The standard InChI is InChI=1S/C11H16N4O/c1-11(2,5-6-16)15-10-4-3-8(13)9(7-12)14-10/h3-4,16H,5-6,13H2,1-2H3,(H,14,15). The Bertz CT molecular complexity index is 409. The Hall–Kier alpha value is -1.80. The summed E-state index contributed by atoms with van der Waals surface area (Å²) in [4.78, 5) is 4.08. The smallest absolute Gasteiger partial charge is 0.165 e. The van der Waals surface area contributed by atoms with E-state index in [2.05, 4.69) is 10.3 Å². The summed E-state index contributed by atoms with van der Waals surface area (Å²) < 4.78 is 0. The number of aliphatic hydroxyl groups excluding tert-OH is 1. The molecule has 0 aromatic carbocycles. The summed E-state index contributed by atoms with van der Waals surface area (Å²) in [5.41, 5.74) is 5.88. The van der Waals surface area contributed by atoms with Gasteiger partial charge >= 0.3 is 0 Å². The number of nitrogen functional groups attached to an aromatic ring is 1. The largest absolute Gasteiger partial charge is 0.396 e. The molecule has 0 aliphatic rings. The minimum absolute atomic E-state index is 0.0973. The molecular weight excluding hydrogens is 204 g/mol. The number of nitriles is 1. The van der Waals surface area contributed by atoms with Gasteiger partial charge in [-0.2, -0.15) is 5.26 Å². The maximum atomic E-state index is 8.89. The maximum absolute atomic E-state index is 8.89. The van der Waals surface area contributed by atoms with Gasteiger partial charge in [0.25, 0.3) is 0 Å². The van der Waals surface area contributed by atoms with E-state index >= 15 is 0 Å². The third-order valence-electron chi connectivity index (χ3n) is 2.24. The van der Waals surface area contributed by atoms with Crippen molar-refractivity contribution in [2.24, 2.45) is 0 Å². The van der Waals surface area contributed by atoms with E-state index in [9.17, 15) is 0 Å². The molecule has 0 radical (unpaired) electrons. The Labute approximate surface area is 94.9 Å². The second-order valence-corrected chi connectivity index (χ2v) is 4.23. The molecule has 0 fully saturated rings. The van der Waals surface area contributed by atoms with E-state index in [0.29, 0.717) is 17.9 Å². The Morgan fingerprint density at radius 3 is 2.81 bits per heavy atom. The fraction of sp³-hybridized carbons (Fsp3) is 0.455. The minimum atomic E-state index is -0.273. The van der Waals surface area contributed by atoms with Gasteiger partial charge in [0.05, 0.1) is 5.69 Å². The Kier molecular flexibility index (Phi) is 3.69. The molecule has 0 aliphatic carbocycles. The molecule has 0 bridgehead atoms. The first-order valence-electron chi connectivity index (χ1n) is 5.04. The lowest BCUT2D eigenvalue weighted by molar-refractivity contribution is 0.260. The maximum Gasteiger partial charge on any atom is 0.165 e. The highest BCUT2D eigenvalue weighted by atomic mass is 16.3. The van der Waals surface area contributed by atoms with Crippen LogP contribution < -0.4 is 11.1 Å². The fourth-order valence-corrected chi connectivity index (χ4v) is 1.32. The summed E-state index contributed by atoms with van der Waals surface area (Å²) in [7, 11) is 0. The Morgan fingerprint density at radius 1 is 1.56 bits per heavy atom. The molecule has 0 amide bonds. The average molecular weight is 220 g/mol. The number of aromatic nitrogens is 1. The number of hydrogen-bond acceptors (Lipinski definition) is 5. The molecule has 16 heavy (non-hydrogen) atoms. The SMILES string of the molecule is CC(C)(CCO)Nc1ccc(N)c(C#N)n1. The van der Waals surface area contributed by atoms with Gasteiger partial charge in [-0.3, -0.25) is 0 Å². The highest BCUT2D eigenvalue weighted by Crippen LogP contribution is 2.18. The van der Waals surface area contributed by atoms with Crippen LogP contribution in [0.1, 0.15) is 26.0 Å². The topological polar surface area (TPSA) is 95.0 Å². The van der Waals surface area contributed by atoms with Crippen LogP contribution in [-0.2, 0) is 0 Å². The number of aliphatic hydroxyl groups is 1. The number of pyridine rings is 1. The number of nitrogens with two attached hydrogens (primary N) is 1. The Balaban J connectivity index is 2.87. The molecule has 5 heteroatoms. The van der Waals surface area contributed by atoms with Gasteiger partial charge in [-0.15, -0.1) is 0 Å². The highest BCUT2D eigenvalue weighted by Gasteiger charge is 2.17. The number of hydrogen-bond donors (Lipinski definition) is 3. The van der Waals surface area contributed by atoms with Crippen molar-refractivity contribution in [3.63, 3.8) is 0 Å². The second kappa shape index (κ2) is 4.81. The van der Waals surface area contributed by atoms with Crippen LogP contribution in [-0.4, -0.2) is 22.2 Å². The van der Waals surface area contributed by atoms with Gasteiger partial charge in [-0.05, 0) is 32.4 Å². The molecule has 4 N–H and O–H groups in total. The third kappa shape index (κ3) is 3.11. The molecule has 0 atom stereocenters. The van der Waals surface area contributed by atoms with Crippen molar-refractivity contribution in [3.05, 3.63) is 17.8 Å². The summed E-state index contributed by atoms with van der Waals surface area (Å²) >= 11 is 0. The fourth-order valence-electron chi connectivity index (χ4n) is 1.32. The first-order valence-corrected chi connectivity index (χ1v) is 5.04. The van der Waals surface area contributed by atoms with Crippen LogP contribution in [0.3, 0.4) is 0 Å². The molecule has 0 saturated heterocycles. The molecule has 1 aromatic heterocycles. The molecule has 1 aromatic rings. The predicted octanol–water partition coefficient (Wildman–Crippen LogP) is 1.11. The van der Waals surface area contributed by atoms with Crippen LogP contribution in [0.2, 0.25) is 0 Å². The summed E-state index contributed by atoms with van der Waals surface area (Å²) in [5.74, 6) is 0.587. The number of nitrogens with one attached hydrogen (secondary N) is 1. The normalized spacial score (nSPS) is 10.9. The summed E-state index contributed by atoms with van der Waals surface area (Å²) in [5, 5.41) is 20.8. The van der Waals surface area contributed by atoms with Crippen molar-refractivity contribution in [2.45, 2.75) is 25.8 Å². The lowest BCUT2D eigenvalue weighted by atomic mass is 10.0. The van der Waals surface area contributed by atoms with Gasteiger partial charge in [-0.25, -0.2) is 4.98 Å². The van der Waals surface area contributed by atoms with Gasteiger partial charge in [0, 0.05) is 12.1 Å². The molecule has 0 saturated carbocycles. The summed E-state index contributed by atoms with van der Waals surface area (Å²) in [6.07, 6.45) is 0.598. The van der Waals surface area contributed by atoms with Crippen LogP contribution in [0.15, 0.2) is 12.1 Å². The number of nitrogens with zero attached hydrogens (tertiary/aromatic N) is 2. The lowest BCUT2D eigenvalue weighted by Crippen LogP contribution is -2.32. The van der Waals surface area contributed by atoms with Crippen molar-refractivity contribution < 1.29 is 5.11 Å². The van der Waals surface area contributed by atoms with E-state index in [-0.39, 0.29) is 17.8 Å². The second-order valence-electron chi connectivity index (χ2n) is 4.23. The quantitative estimate of drug-likeness (QED) is 0.706. The van der Waals surface area contributed by atoms with Crippen molar-refractivity contribution in [2.75, 3.05) is 17.7 Å². The van der Waals surface area contributed by atoms with E-state index in [0.717, 1.165) is 0 Å². The zero-order valence-corrected chi connectivity index (χ0v) is 9.49. The molecule has 0 aliphatic heterocycles. The van der Waals surface area contributed by atoms with Gasteiger partial charge in [0.1, 0.15) is 11.9 Å². The molecule has 86 valence electrons. The van der Waals surface area contributed by atoms with Crippen LogP contribution in [0.4, 0.5) is 11.5 Å². The van der Waals surface area contributed by atoms with Crippen LogP contribution in [0, 0.1) is 11.3 Å². The van der Waals surface area contributed by atoms with Crippen molar-refractivity contribution in [1.82, 2.24) is 4.98 Å². The van der Waals surface area contributed by atoms with Gasteiger partial charge < -0.3 is 16.2 Å². The molecule has 0 unspecified atom stereocenters. The molecule has 1 rings (SSSR count). The molecule has 0 spiro atoms. The lowest BCUT2D eigenvalue weighted by Gasteiger charge is -2.26. The van der Waals surface area contributed by atoms with Crippen molar-refractivity contribution >= 4 is 11.5 Å². The van der Waals surface area contributed by atoms with E-state index in [1.165, 1.54) is 0 Å². The van der Waals surface area contributed by atoms with E-state index in [1.807, 2.05) is 19.9 Å². The number of rotatable bonds is 4. The van der Waals surface area contributed by atoms with Crippen LogP contribution in [0.25, 0.3) is 0 Å². The van der Waals surface area contributed by atoms with Gasteiger partial charge in [-0.1, -0.05) is 0 Å². The molecule has 1 heterocycles. The minimum Gasteiger partial charge on any atom is -0.396 e. The van der Waals surface area contributed by atoms with E-state index in [4.69, 9.17) is 16.1 Å². The van der Waals surface area contributed by atoms with Gasteiger partial charge in [0.15, 0.2) is 5.69 Å². The van der Waals surface area contributed by atoms with Gasteiger partial charge in [0.2, 0.25) is 0 Å². The van der Waals surface area contributed by atoms with Crippen LogP contribution in [0.5, 0.6) is 0 Å². The van der Waals surface area contributed by atoms with E-state index in [1.54, 1.807) is 12.1 Å². The van der Waals surface area contributed by atoms with Crippen molar-refractivity contribution in [1.29, 1.82) is 5.26 Å². The third-order valence-corrected chi connectivity index (χ3v) is 2.24. The predicted molar refractivity (Wildman–Crippen MR) is 62.8 cm³/mol. The Morgan fingerprint density at radius 2 is 2.25 bits per heavy atom. The molecular formula is C11H16N4O. The highest BCUT2D eigenvalue weighted by molar-refractivity contribution is 5.55. The molecule has 5 nitrogen and oxygen atoms in total. The monoisotopic (exact) mass is 220 g/mol.